The molecule has 0 aliphatic rings. The molecule has 0 aromatic heterocycles. The first-order valence-corrected chi connectivity index (χ1v) is 5.94. The summed E-state index contributed by atoms with van der Waals surface area (Å²) < 4.78 is 0. The van der Waals surface area contributed by atoms with E-state index >= 15 is 0 Å². The summed E-state index contributed by atoms with van der Waals surface area (Å²) in [5.74, 6) is 0. The van der Waals surface area contributed by atoms with Crippen LogP contribution < -0.4 is 0 Å². The molecule has 0 amide bonds. The average Bonchev–Trinajstić information content (AvgIpc) is 2.40. The fourth-order valence-electron chi connectivity index (χ4n) is 1.42. The number of non-ortho nitro benzene ring substituents is 1. The fourth-order valence-corrected chi connectivity index (χ4v) is 2.32. The Morgan fingerprint density at radius 3 is 2.50 bits per heavy atom. The Morgan fingerprint density at radius 1 is 1.17 bits per heavy atom. The van der Waals surface area contributed by atoms with Crippen LogP contribution in [0.3, 0.4) is 0 Å². The Bertz CT molecular complexity index is 621. The van der Waals surface area contributed by atoms with Crippen LogP contribution >= 0.6 is 11.8 Å². The molecule has 0 spiro atoms. The van der Waals surface area contributed by atoms with Crippen LogP contribution in [0.5, 0.6) is 0 Å². The van der Waals surface area contributed by atoms with Crippen molar-refractivity contribution in [1.82, 2.24) is 0 Å². The van der Waals surface area contributed by atoms with Gasteiger partial charge in [-0.1, -0.05) is 30.0 Å². The number of hydrogen-bond acceptors (Lipinski definition) is 4. The van der Waals surface area contributed by atoms with E-state index in [0.717, 1.165) is 4.90 Å². The molecule has 0 saturated carbocycles. The van der Waals surface area contributed by atoms with Crippen molar-refractivity contribution in [3.8, 4) is 6.07 Å². The molecule has 0 saturated heterocycles. The molecule has 18 heavy (non-hydrogen) atoms. The fraction of sp³-hybridized carbons (Fsp3) is 0. The van der Waals surface area contributed by atoms with E-state index < -0.39 is 4.92 Å². The summed E-state index contributed by atoms with van der Waals surface area (Å²) in [6.45, 7) is 0. The number of benzene rings is 2. The monoisotopic (exact) mass is 256 g/mol. The predicted molar refractivity (Wildman–Crippen MR) is 68.4 cm³/mol. The first-order chi connectivity index (χ1) is 8.70. The molecular weight excluding hydrogens is 248 g/mol. The summed E-state index contributed by atoms with van der Waals surface area (Å²) in [4.78, 5) is 11.8. The zero-order chi connectivity index (χ0) is 13.0. The maximum atomic E-state index is 10.6. The van der Waals surface area contributed by atoms with Gasteiger partial charge in [0, 0.05) is 21.9 Å². The topological polar surface area (TPSA) is 66.9 Å². The molecule has 0 atom stereocenters. The molecular formula is C13H8N2O2S. The lowest BCUT2D eigenvalue weighted by molar-refractivity contribution is -0.384. The van der Waals surface area contributed by atoms with E-state index in [4.69, 9.17) is 5.26 Å². The molecule has 4 nitrogen and oxygen atoms in total. The minimum Gasteiger partial charge on any atom is -0.258 e. The van der Waals surface area contributed by atoms with Crippen LogP contribution in [0.25, 0.3) is 0 Å². The number of hydrogen-bond donors (Lipinski definition) is 0. The molecule has 0 aliphatic carbocycles. The van der Waals surface area contributed by atoms with Crippen molar-refractivity contribution < 1.29 is 4.92 Å². The van der Waals surface area contributed by atoms with Crippen LogP contribution in [0, 0.1) is 21.4 Å². The van der Waals surface area contributed by atoms with Gasteiger partial charge in [-0.2, -0.15) is 5.26 Å². The number of rotatable bonds is 3. The lowest BCUT2D eigenvalue weighted by atomic mass is 10.2. The van der Waals surface area contributed by atoms with Gasteiger partial charge in [-0.15, -0.1) is 0 Å². The van der Waals surface area contributed by atoms with Gasteiger partial charge < -0.3 is 0 Å². The highest BCUT2D eigenvalue weighted by Crippen LogP contribution is 2.31. The van der Waals surface area contributed by atoms with Gasteiger partial charge in [0.05, 0.1) is 10.5 Å². The highest BCUT2D eigenvalue weighted by Gasteiger charge is 2.11. The van der Waals surface area contributed by atoms with Gasteiger partial charge in [0.2, 0.25) is 0 Å². The lowest BCUT2D eigenvalue weighted by Gasteiger charge is -2.03. The predicted octanol–water partition coefficient (Wildman–Crippen LogP) is 3.62. The maximum Gasteiger partial charge on any atom is 0.270 e. The number of nitro groups is 1. The highest BCUT2D eigenvalue weighted by molar-refractivity contribution is 7.99. The highest BCUT2D eigenvalue weighted by atomic mass is 32.2. The van der Waals surface area contributed by atoms with Crippen molar-refractivity contribution in [1.29, 1.82) is 5.26 Å². The van der Waals surface area contributed by atoms with Gasteiger partial charge in [-0.3, -0.25) is 10.1 Å². The van der Waals surface area contributed by atoms with Gasteiger partial charge in [-0.25, -0.2) is 0 Å². The summed E-state index contributed by atoms with van der Waals surface area (Å²) in [5, 5.41) is 19.6. The first-order valence-electron chi connectivity index (χ1n) is 5.12. The van der Waals surface area contributed by atoms with Crippen LogP contribution in [0.15, 0.2) is 58.3 Å². The van der Waals surface area contributed by atoms with Crippen LogP contribution in [0.1, 0.15) is 5.56 Å². The van der Waals surface area contributed by atoms with Crippen molar-refractivity contribution in [2.24, 2.45) is 0 Å². The second-order valence-electron chi connectivity index (χ2n) is 3.46. The average molecular weight is 256 g/mol. The zero-order valence-corrected chi connectivity index (χ0v) is 10.1. The van der Waals surface area contributed by atoms with Gasteiger partial charge in [0.1, 0.15) is 6.07 Å². The van der Waals surface area contributed by atoms with Crippen molar-refractivity contribution >= 4 is 17.4 Å². The summed E-state index contributed by atoms with van der Waals surface area (Å²) in [6.07, 6.45) is 0. The third kappa shape index (κ3) is 2.67. The zero-order valence-electron chi connectivity index (χ0n) is 9.24. The maximum absolute atomic E-state index is 10.6. The molecule has 5 heteroatoms. The second-order valence-corrected chi connectivity index (χ2v) is 4.58. The van der Waals surface area contributed by atoms with E-state index in [1.54, 1.807) is 6.07 Å². The van der Waals surface area contributed by atoms with Gasteiger partial charge in [0.15, 0.2) is 0 Å². The standard InChI is InChI=1S/C13H8N2O2S/c14-9-10-8-11(15(16)17)6-7-13(10)18-12-4-2-1-3-5-12/h1-8H. The molecule has 0 heterocycles. The Balaban J connectivity index is 2.35. The van der Waals surface area contributed by atoms with Crippen molar-refractivity contribution in [2.75, 3.05) is 0 Å². The van der Waals surface area contributed by atoms with Crippen molar-refractivity contribution in [2.45, 2.75) is 9.79 Å². The quantitative estimate of drug-likeness (QED) is 0.621. The van der Waals surface area contributed by atoms with Gasteiger partial charge in [-0.05, 0) is 18.2 Å². The normalized spacial score (nSPS) is 9.72. The molecule has 0 unspecified atom stereocenters. The summed E-state index contributed by atoms with van der Waals surface area (Å²) in [7, 11) is 0. The Labute approximate surface area is 108 Å². The van der Waals surface area contributed by atoms with Crippen LogP contribution in [-0.2, 0) is 0 Å². The smallest absolute Gasteiger partial charge is 0.258 e. The molecule has 0 fully saturated rings. The Kier molecular flexibility index (Phi) is 3.60. The molecule has 0 radical (unpaired) electrons. The number of nitro benzene ring substituents is 1. The van der Waals surface area contributed by atoms with Gasteiger partial charge >= 0.3 is 0 Å². The van der Waals surface area contributed by atoms with Crippen LogP contribution in [0.2, 0.25) is 0 Å². The minimum absolute atomic E-state index is 0.0658. The van der Waals surface area contributed by atoms with E-state index in [1.165, 1.54) is 23.9 Å². The molecule has 88 valence electrons. The Morgan fingerprint density at radius 2 is 1.89 bits per heavy atom. The SMILES string of the molecule is N#Cc1cc([N+](=O)[O-])ccc1Sc1ccccc1. The molecule has 0 bridgehead atoms. The van der Waals surface area contributed by atoms with E-state index in [2.05, 4.69) is 0 Å². The second kappa shape index (κ2) is 5.34. The molecule has 2 aromatic rings. The minimum atomic E-state index is -0.502. The van der Waals surface area contributed by atoms with Gasteiger partial charge in [0.25, 0.3) is 5.69 Å². The summed E-state index contributed by atoms with van der Waals surface area (Å²) in [5.41, 5.74) is 0.252. The largest absolute Gasteiger partial charge is 0.270 e. The third-order valence-corrected chi connectivity index (χ3v) is 3.35. The summed E-state index contributed by atoms with van der Waals surface area (Å²) >= 11 is 1.41. The van der Waals surface area contributed by atoms with E-state index in [-0.39, 0.29) is 5.69 Å². The van der Waals surface area contributed by atoms with Crippen molar-refractivity contribution in [3.63, 3.8) is 0 Å². The third-order valence-electron chi connectivity index (χ3n) is 2.27. The van der Waals surface area contributed by atoms with E-state index in [9.17, 15) is 10.1 Å². The Hall–Kier alpha value is -2.32. The van der Waals surface area contributed by atoms with Crippen LogP contribution in [-0.4, -0.2) is 4.92 Å². The lowest BCUT2D eigenvalue weighted by Crippen LogP contribution is -1.90. The number of nitrogens with zero attached hydrogens (tertiary/aromatic N) is 2. The van der Waals surface area contributed by atoms with Crippen molar-refractivity contribution in [3.05, 3.63) is 64.2 Å². The van der Waals surface area contributed by atoms with E-state index in [1.807, 2.05) is 36.4 Å². The van der Waals surface area contributed by atoms with Crippen LogP contribution in [0.4, 0.5) is 5.69 Å². The number of nitriles is 1. The van der Waals surface area contributed by atoms with E-state index in [0.29, 0.717) is 10.5 Å². The first kappa shape index (κ1) is 12.1. The molecule has 0 N–H and O–H groups in total. The summed E-state index contributed by atoms with van der Waals surface area (Å²) in [6, 6.07) is 15.9. The molecule has 0 aliphatic heterocycles. The molecule has 2 aromatic carbocycles. The molecule has 2 rings (SSSR count).